The first kappa shape index (κ1) is 13.7. The second kappa shape index (κ2) is 5.07. The van der Waals surface area contributed by atoms with Crippen LogP contribution in [0.1, 0.15) is 30.5 Å². The summed E-state index contributed by atoms with van der Waals surface area (Å²) in [7, 11) is -3.72. The van der Waals surface area contributed by atoms with Crippen LogP contribution in [0.5, 0.6) is 0 Å². The molecule has 0 atom stereocenters. The Labute approximate surface area is 129 Å². The van der Waals surface area contributed by atoms with Crippen LogP contribution in [-0.2, 0) is 16.6 Å². The zero-order valence-electron chi connectivity index (χ0n) is 11.3. The molecule has 1 aromatic carbocycles. The number of rotatable bonds is 5. The molecular weight excluding hydrogens is 326 g/mol. The molecular formula is C12H11N5O3S2. The molecule has 0 spiro atoms. The molecule has 114 valence electrons. The summed E-state index contributed by atoms with van der Waals surface area (Å²) in [4.78, 5) is 4.29. The van der Waals surface area contributed by atoms with Crippen molar-refractivity contribution in [1.82, 2.24) is 23.6 Å². The van der Waals surface area contributed by atoms with E-state index in [1.807, 2.05) is 0 Å². The van der Waals surface area contributed by atoms with Gasteiger partial charge in [-0.1, -0.05) is 11.2 Å². The van der Waals surface area contributed by atoms with Gasteiger partial charge in [0.15, 0.2) is 5.82 Å². The summed E-state index contributed by atoms with van der Waals surface area (Å²) in [5.41, 5.74) is 0.926. The quantitative estimate of drug-likeness (QED) is 0.749. The smallest absolute Gasteiger partial charge is 0.243 e. The Morgan fingerprint density at radius 2 is 2.18 bits per heavy atom. The monoisotopic (exact) mass is 337 g/mol. The number of aromatic nitrogens is 4. The van der Waals surface area contributed by atoms with Gasteiger partial charge in [0.2, 0.25) is 15.9 Å². The first-order valence-electron chi connectivity index (χ1n) is 6.67. The van der Waals surface area contributed by atoms with E-state index >= 15 is 0 Å². The number of nitrogens with zero attached hydrogens (tertiary/aromatic N) is 4. The van der Waals surface area contributed by atoms with E-state index in [0.29, 0.717) is 28.7 Å². The van der Waals surface area contributed by atoms with Crippen molar-refractivity contribution >= 4 is 32.8 Å². The summed E-state index contributed by atoms with van der Waals surface area (Å²) in [6, 6.07) is 4.86. The van der Waals surface area contributed by atoms with Crippen LogP contribution in [0.25, 0.3) is 11.0 Å². The third-order valence-electron chi connectivity index (χ3n) is 3.37. The number of hydrogen-bond donors (Lipinski definition) is 1. The molecule has 0 unspecified atom stereocenters. The minimum Gasteiger partial charge on any atom is -0.339 e. The largest absolute Gasteiger partial charge is 0.339 e. The van der Waals surface area contributed by atoms with E-state index in [9.17, 15) is 8.42 Å². The van der Waals surface area contributed by atoms with Gasteiger partial charge in [-0.15, -0.1) is 0 Å². The lowest BCUT2D eigenvalue weighted by atomic mass is 10.3. The second-order valence-electron chi connectivity index (χ2n) is 5.04. The third kappa shape index (κ3) is 2.49. The highest BCUT2D eigenvalue weighted by Crippen LogP contribution is 2.38. The van der Waals surface area contributed by atoms with Crippen LogP contribution in [0.2, 0.25) is 0 Å². The summed E-state index contributed by atoms with van der Waals surface area (Å²) in [5, 5.41) is 3.79. The summed E-state index contributed by atoms with van der Waals surface area (Å²) in [5.74, 6) is 1.25. The van der Waals surface area contributed by atoms with Crippen molar-refractivity contribution in [2.75, 3.05) is 0 Å². The number of nitrogens with one attached hydrogen (secondary N) is 1. The number of benzene rings is 1. The van der Waals surface area contributed by atoms with Gasteiger partial charge in [-0.2, -0.15) is 13.7 Å². The van der Waals surface area contributed by atoms with Gasteiger partial charge < -0.3 is 4.52 Å². The molecule has 8 nitrogen and oxygen atoms in total. The zero-order valence-corrected chi connectivity index (χ0v) is 12.9. The molecule has 22 heavy (non-hydrogen) atoms. The maximum Gasteiger partial charge on any atom is 0.243 e. The van der Waals surface area contributed by atoms with Crippen molar-refractivity contribution in [2.45, 2.75) is 30.2 Å². The zero-order chi connectivity index (χ0) is 15.2. The van der Waals surface area contributed by atoms with E-state index in [0.717, 1.165) is 24.6 Å². The summed E-state index contributed by atoms with van der Waals surface area (Å²) >= 11 is 0.979. The van der Waals surface area contributed by atoms with Crippen LogP contribution in [0, 0.1) is 0 Å². The minimum atomic E-state index is -3.72. The summed E-state index contributed by atoms with van der Waals surface area (Å²) in [6.07, 6.45) is 2.10. The maximum atomic E-state index is 12.4. The first-order chi connectivity index (χ1) is 10.6. The van der Waals surface area contributed by atoms with Gasteiger partial charge in [0.1, 0.15) is 15.9 Å². The van der Waals surface area contributed by atoms with Crippen LogP contribution in [0.15, 0.2) is 27.6 Å². The lowest BCUT2D eigenvalue weighted by Gasteiger charge is -2.04. The highest BCUT2D eigenvalue weighted by atomic mass is 32.2. The first-order valence-corrected chi connectivity index (χ1v) is 8.88. The molecule has 10 heteroatoms. The van der Waals surface area contributed by atoms with Crippen LogP contribution in [0.4, 0.5) is 0 Å². The molecule has 4 rings (SSSR count). The summed E-state index contributed by atoms with van der Waals surface area (Å²) < 4.78 is 40.5. The van der Waals surface area contributed by atoms with Crippen LogP contribution in [0.3, 0.4) is 0 Å². The lowest BCUT2D eigenvalue weighted by molar-refractivity contribution is 0.373. The Kier molecular flexibility index (Phi) is 3.17. The van der Waals surface area contributed by atoms with Gasteiger partial charge in [0.05, 0.1) is 18.3 Å². The number of hydrogen-bond acceptors (Lipinski definition) is 8. The molecule has 2 heterocycles. The Hall–Kier alpha value is -1.91. The van der Waals surface area contributed by atoms with Crippen LogP contribution in [-0.4, -0.2) is 27.3 Å². The predicted octanol–water partition coefficient (Wildman–Crippen LogP) is 1.43. The third-order valence-corrected chi connectivity index (χ3v) is 5.34. The average molecular weight is 337 g/mol. The molecule has 0 radical (unpaired) electrons. The van der Waals surface area contributed by atoms with Crippen molar-refractivity contribution in [3.8, 4) is 0 Å². The molecule has 1 N–H and O–H groups in total. The van der Waals surface area contributed by atoms with E-state index in [-0.39, 0.29) is 11.4 Å². The van der Waals surface area contributed by atoms with Crippen molar-refractivity contribution in [3.05, 3.63) is 29.9 Å². The van der Waals surface area contributed by atoms with Crippen LogP contribution < -0.4 is 4.72 Å². The molecule has 1 aliphatic rings. The fraction of sp³-hybridized carbons (Fsp3) is 0.333. The van der Waals surface area contributed by atoms with E-state index < -0.39 is 10.0 Å². The molecule has 0 amide bonds. The highest BCUT2D eigenvalue weighted by Gasteiger charge is 2.29. The Bertz CT molecular complexity index is 929. The van der Waals surface area contributed by atoms with Gasteiger partial charge in [-0.05, 0) is 25.0 Å². The molecule has 2 aromatic heterocycles. The van der Waals surface area contributed by atoms with Crippen molar-refractivity contribution in [3.63, 3.8) is 0 Å². The van der Waals surface area contributed by atoms with E-state index in [4.69, 9.17) is 4.52 Å². The lowest BCUT2D eigenvalue weighted by Crippen LogP contribution is -2.24. The van der Waals surface area contributed by atoms with E-state index in [1.165, 1.54) is 6.07 Å². The highest BCUT2D eigenvalue weighted by molar-refractivity contribution is 7.89. The Morgan fingerprint density at radius 3 is 3.00 bits per heavy atom. The van der Waals surface area contributed by atoms with Gasteiger partial charge in [-0.3, -0.25) is 0 Å². The molecule has 1 aliphatic carbocycles. The fourth-order valence-electron chi connectivity index (χ4n) is 2.07. The SMILES string of the molecule is O=S(=O)(NCc1noc(C2CC2)n1)c1cccc2nsnc12. The van der Waals surface area contributed by atoms with Gasteiger partial charge in [0, 0.05) is 5.92 Å². The Morgan fingerprint density at radius 1 is 1.32 bits per heavy atom. The number of sulfonamides is 1. The van der Waals surface area contributed by atoms with Crippen LogP contribution >= 0.6 is 11.7 Å². The normalized spacial score (nSPS) is 15.5. The topological polar surface area (TPSA) is 111 Å². The van der Waals surface area contributed by atoms with E-state index in [2.05, 4.69) is 23.6 Å². The predicted molar refractivity (Wildman–Crippen MR) is 77.7 cm³/mol. The molecule has 1 saturated carbocycles. The number of fused-ring (bicyclic) bond motifs is 1. The Balaban J connectivity index is 1.56. The molecule has 0 bridgehead atoms. The van der Waals surface area contributed by atoms with Gasteiger partial charge >= 0.3 is 0 Å². The summed E-state index contributed by atoms with van der Waals surface area (Å²) in [6.45, 7) is -0.0213. The molecule has 0 saturated heterocycles. The van der Waals surface area contributed by atoms with E-state index in [1.54, 1.807) is 12.1 Å². The average Bonchev–Trinajstić information content (AvgIpc) is 3.07. The van der Waals surface area contributed by atoms with Crippen molar-refractivity contribution in [2.24, 2.45) is 0 Å². The maximum absolute atomic E-state index is 12.4. The fourth-order valence-corrected chi connectivity index (χ4v) is 3.82. The van der Waals surface area contributed by atoms with Crippen molar-refractivity contribution < 1.29 is 12.9 Å². The second-order valence-corrected chi connectivity index (χ2v) is 7.30. The molecule has 0 aliphatic heterocycles. The van der Waals surface area contributed by atoms with Gasteiger partial charge in [0.25, 0.3) is 0 Å². The minimum absolute atomic E-state index is 0.0213. The molecule has 1 fully saturated rings. The van der Waals surface area contributed by atoms with Crippen molar-refractivity contribution in [1.29, 1.82) is 0 Å². The van der Waals surface area contributed by atoms with Gasteiger partial charge in [-0.25, -0.2) is 13.1 Å². The molecule has 3 aromatic rings. The standard InChI is InChI=1S/C12H11N5O3S2/c18-22(19,9-3-1-2-8-11(9)17-21-16-8)13-6-10-14-12(20-15-10)7-4-5-7/h1-3,7,13H,4-6H2.